The quantitative estimate of drug-likeness (QED) is 0.677. The molecule has 2 fully saturated rings. The fraction of sp³-hybridized carbons (Fsp3) is 0.609. The van der Waals surface area contributed by atoms with E-state index in [2.05, 4.69) is 47.9 Å². The van der Waals surface area contributed by atoms with Crippen LogP contribution in [0.3, 0.4) is 0 Å². The topological polar surface area (TPSA) is 48.3 Å². The maximum Gasteiger partial charge on any atom is 0.166 e. The molecule has 3 aromatic rings. The van der Waals surface area contributed by atoms with Crippen LogP contribution in [-0.4, -0.2) is 47.8 Å². The largest absolute Gasteiger partial charge is 0.382 e. The van der Waals surface area contributed by atoms with Gasteiger partial charge in [-0.2, -0.15) is 0 Å². The van der Waals surface area contributed by atoms with E-state index in [1.54, 1.807) is 0 Å². The number of hydrogen-bond acceptors (Lipinski definition) is 4. The molecule has 0 saturated carbocycles. The lowest BCUT2D eigenvalue weighted by molar-refractivity contribution is 0.148. The lowest BCUT2D eigenvalue weighted by atomic mass is 9.92. The molecule has 5 nitrogen and oxygen atoms in total. The van der Waals surface area contributed by atoms with Gasteiger partial charge in [0.15, 0.2) is 5.58 Å². The second-order valence-electron chi connectivity index (χ2n) is 9.17. The number of H-pyrrole nitrogens is 1. The number of benzene rings is 1. The van der Waals surface area contributed by atoms with E-state index in [9.17, 15) is 0 Å². The lowest BCUT2D eigenvalue weighted by Crippen LogP contribution is -2.52. The van der Waals surface area contributed by atoms with Crippen LogP contribution in [0.25, 0.3) is 21.9 Å². The van der Waals surface area contributed by atoms with Crippen molar-refractivity contribution in [2.24, 2.45) is 11.8 Å². The highest BCUT2D eigenvalue weighted by Gasteiger charge is 2.32. The minimum Gasteiger partial charge on any atom is -0.382 e. The zero-order valence-electron chi connectivity index (χ0n) is 17.4. The number of aromatic nitrogens is 2. The number of nitrogens with one attached hydrogen (secondary N) is 1. The summed E-state index contributed by atoms with van der Waals surface area (Å²) in [5, 5.41) is 5.55. The molecule has 0 bridgehead atoms. The Hall–Kier alpha value is -2.01. The molecular weight excluding hydrogens is 348 g/mol. The van der Waals surface area contributed by atoms with Gasteiger partial charge in [0.05, 0.1) is 22.3 Å². The molecule has 5 rings (SSSR count). The summed E-state index contributed by atoms with van der Waals surface area (Å²) in [7, 11) is 0. The monoisotopic (exact) mass is 380 g/mol. The fourth-order valence-electron chi connectivity index (χ4n) is 5.13. The molecule has 28 heavy (non-hydrogen) atoms. The number of rotatable bonds is 5. The molecule has 0 radical (unpaired) electrons. The standard InChI is InChI=1S/C23H32N4O/c1-4-16-6-9-26(10-7-16)12-17-13-27(14-17)19-11-20-21(18-5-8-24-23(18)19)22(15(2)3)25-28-20/h5,8,11,15-17,25H,4,6-7,9-10,12-14H2,1-3H3. The molecule has 2 aliphatic rings. The Balaban J connectivity index is 1.32. The Morgan fingerprint density at radius 1 is 1.21 bits per heavy atom. The Kier molecular flexibility index (Phi) is 4.58. The summed E-state index contributed by atoms with van der Waals surface area (Å²) >= 11 is 0. The number of aromatic amines is 1. The van der Waals surface area contributed by atoms with E-state index in [4.69, 9.17) is 9.51 Å². The summed E-state index contributed by atoms with van der Waals surface area (Å²) in [6.45, 7) is 12.8. The van der Waals surface area contributed by atoms with Gasteiger partial charge in [-0.1, -0.05) is 27.2 Å². The average molecular weight is 381 g/mol. The lowest BCUT2D eigenvalue weighted by Gasteiger charge is -2.44. The van der Waals surface area contributed by atoms with E-state index in [-0.39, 0.29) is 0 Å². The molecule has 0 unspecified atom stereocenters. The SMILES string of the molecule is CCC1CCN(CC2CN(c3cc4o[nH]c(C(C)C)c4c4ccnc34)C2)CC1. The van der Waals surface area contributed by atoms with Crippen LogP contribution in [0.15, 0.2) is 22.9 Å². The Labute approximate surface area is 167 Å². The first-order chi connectivity index (χ1) is 13.6. The first-order valence-corrected chi connectivity index (χ1v) is 11.0. The average Bonchev–Trinajstić information content (AvgIpc) is 3.30. The zero-order valence-corrected chi connectivity index (χ0v) is 17.4. The second-order valence-corrected chi connectivity index (χ2v) is 9.17. The summed E-state index contributed by atoms with van der Waals surface area (Å²) in [6, 6.07) is 4.32. The van der Waals surface area contributed by atoms with Crippen molar-refractivity contribution in [1.82, 2.24) is 15.0 Å². The maximum atomic E-state index is 5.83. The molecule has 0 atom stereocenters. The van der Waals surface area contributed by atoms with Crippen LogP contribution in [0.5, 0.6) is 0 Å². The van der Waals surface area contributed by atoms with E-state index in [1.807, 2.05) is 6.20 Å². The summed E-state index contributed by atoms with van der Waals surface area (Å²) in [5.41, 5.74) is 4.46. The van der Waals surface area contributed by atoms with E-state index in [0.29, 0.717) is 5.92 Å². The van der Waals surface area contributed by atoms with Crippen LogP contribution in [0, 0.1) is 11.8 Å². The Morgan fingerprint density at radius 3 is 2.71 bits per heavy atom. The molecule has 150 valence electrons. The molecule has 5 heteroatoms. The first-order valence-electron chi connectivity index (χ1n) is 11.0. The van der Waals surface area contributed by atoms with Gasteiger partial charge in [0.1, 0.15) is 0 Å². The molecule has 2 saturated heterocycles. The van der Waals surface area contributed by atoms with Gasteiger partial charge in [-0.25, -0.2) is 5.16 Å². The van der Waals surface area contributed by atoms with Crippen LogP contribution in [0.1, 0.15) is 51.6 Å². The maximum absolute atomic E-state index is 5.83. The fourth-order valence-corrected chi connectivity index (χ4v) is 5.13. The highest BCUT2D eigenvalue weighted by Crippen LogP contribution is 2.39. The minimum atomic E-state index is 0.399. The van der Waals surface area contributed by atoms with Gasteiger partial charge in [-0.3, -0.25) is 4.98 Å². The number of fused-ring (bicyclic) bond motifs is 3. The molecule has 4 heterocycles. The van der Waals surface area contributed by atoms with E-state index in [1.165, 1.54) is 55.4 Å². The number of nitrogens with zero attached hydrogens (tertiary/aromatic N) is 3. The second kappa shape index (κ2) is 7.11. The van der Waals surface area contributed by atoms with Crippen LogP contribution in [-0.2, 0) is 0 Å². The number of piperidine rings is 1. The van der Waals surface area contributed by atoms with Crippen molar-refractivity contribution in [1.29, 1.82) is 0 Å². The minimum absolute atomic E-state index is 0.399. The summed E-state index contributed by atoms with van der Waals surface area (Å²) < 4.78 is 5.83. The third-order valence-electron chi connectivity index (χ3n) is 6.94. The van der Waals surface area contributed by atoms with Crippen molar-refractivity contribution in [3.05, 3.63) is 24.0 Å². The zero-order chi connectivity index (χ0) is 19.3. The number of anilines is 1. The smallest absolute Gasteiger partial charge is 0.166 e. The van der Waals surface area contributed by atoms with Crippen molar-refractivity contribution < 1.29 is 4.52 Å². The molecule has 0 aliphatic carbocycles. The number of likely N-dealkylation sites (tertiary alicyclic amines) is 1. The summed E-state index contributed by atoms with van der Waals surface area (Å²) in [6.07, 6.45) is 6.04. The molecule has 1 aromatic carbocycles. The van der Waals surface area contributed by atoms with Crippen LogP contribution >= 0.6 is 0 Å². The third kappa shape index (κ3) is 3.00. The van der Waals surface area contributed by atoms with Gasteiger partial charge < -0.3 is 14.3 Å². The summed E-state index contributed by atoms with van der Waals surface area (Å²) in [4.78, 5) is 9.87. The normalized spacial score (nSPS) is 19.9. The van der Waals surface area contributed by atoms with E-state index >= 15 is 0 Å². The van der Waals surface area contributed by atoms with Crippen molar-refractivity contribution in [3.8, 4) is 0 Å². The highest BCUT2D eigenvalue weighted by molar-refractivity contribution is 6.11. The molecule has 1 N–H and O–H groups in total. The van der Waals surface area contributed by atoms with Gasteiger partial charge in [-0.15, -0.1) is 0 Å². The van der Waals surface area contributed by atoms with Gasteiger partial charge in [0, 0.05) is 43.2 Å². The Bertz CT molecular complexity index is 958. The predicted molar refractivity (Wildman–Crippen MR) is 115 cm³/mol. The van der Waals surface area contributed by atoms with Gasteiger partial charge >= 0.3 is 0 Å². The molecule has 0 amide bonds. The van der Waals surface area contributed by atoms with Crippen molar-refractivity contribution in [2.75, 3.05) is 37.6 Å². The molecule has 2 aliphatic heterocycles. The summed E-state index contributed by atoms with van der Waals surface area (Å²) in [5.74, 6) is 2.13. The van der Waals surface area contributed by atoms with Crippen LogP contribution < -0.4 is 4.90 Å². The predicted octanol–water partition coefficient (Wildman–Crippen LogP) is 4.99. The molecule has 0 spiro atoms. The third-order valence-corrected chi connectivity index (χ3v) is 6.94. The first kappa shape index (κ1) is 18.0. The van der Waals surface area contributed by atoms with E-state index < -0.39 is 0 Å². The van der Waals surface area contributed by atoms with Crippen LogP contribution in [0.4, 0.5) is 5.69 Å². The van der Waals surface area contributed by atoms with Crippen LogP contribution in [0.2, 0.25) is 0 Å². The van der Waals surface area contributed by atoms with E-state index in [0.717, 1.165) is 41.7 Å². The van der Waals surface area contributed by atoms with Crippen molar-refractivity contribution in [2.45, 2.75) is 46.0 Å². The van der Waals surface area contributed by atoms with Crippen molar-refractivity contribution in [3.63, 3.8) is 0 Å². The number of hydrogen-bond donors (Lipinski definition) is 1. The Morgan fingerprint density at radius 2 is 2.00 bits per heavy atom. The molecule has 2 aromatic heterocycles. The van der Waals surface area contributed by atoms with Gasteiger partial charge in [-0.05, 0) is 43.8 Å². The highest BCUT2D eigenvalue weighted by atomic mass is 16.5. The molecular formula is C23H32N4O. The van der Waals surface area contributed by atoms with Gasteiger partial charge in [0.2, 0.25) is 0 Å². The van der Waals surface area contributed by atoms with Crippen molar-refractivity contribution >= 4 is 27.6 Å². The van der Waals surface area contributed by atoms with Gasteiger partial charge in [0.25, 0.3) is 0 Å².